The van der Waals surface area contributed by atoms with Crippen LogP contribution in [0.25, 0.3) is 0 Å². The highest BCUT2D eigenvalue weighted by molar-refractivity contribution is 5.64. The molecule has 7 nitrogen and oxygen atoms in total. The van der Waals surface area contributed by atoms with E-state index < -0.39 is 6.09 Å². The molecule has 0 aromatic carbocycles. The molecular formula is C19H32N4O3. The van der Waals surface area contributed by atoms with Crippen LogP contribution in [-0.4, -0.2) is 71.6 Å². The second-order valence-electron chi connectivity index (χ2n) is 8.18. The van der Waals surface area contributed by atoms with Gasteiger partial charge in [-0.05, 0) is 51.0 Å². The van der Waals surface area contributed by atoms with Crippen molar-refractivity contribution < 1.29 is 14.6 Å². The number of likely N-dealkylation sites (N-methyl/N-ethyl adjacent to an activating group) is 2. The maximum absolute atomic E-state index is 10.9. The van der Waals surface area contributed by atoms with E-state index in [4.69, 9.17) is 9.84 Å². The largest absolute Gasteiger partial charge is 0.465 e. The van der Waals surface area contributed by atoms with Crippen molar-refractivity contribution in [3.63, 3.8) is 0 Å². The zero-order valence-corrected chi connectivity index (χ0v) is 16.0. The molecule has 0 atom stereocenters. The Bertz CT molecular complexity index is 587. The normalized spacial score (nSPS) is 26.3. The van der Waals surface area contributed by atoms with Crippen molar-refractivity contribution in [2.45, 2.75) is 51.0 Å². The Balaban J connectivity index is 1.53. The lowest BCUT2D eigenvalue weighted by molar-refractivity contribution is -0.0310. The van der Waals surface area contributed by atoms with Crippen molar-refractivity contribution in [1.29, 1.82) is 0 Å². The fourth-order valence-corrected chi connectivity index (χ4v) is 4.41. The summed E-state index contributed by atoms with van der Waals surface area (Å²) in [4.78, 5) is 14.4. The van der Waals surface area contributed by atoms with E-state index in [-0.39, 0.29) is 0 Å². The Morgan fingerprint density at radius 3 is 2.77 bits per heavy atom. The van der Waals surface area contributed by atoms with Crippen LogP contribution in [-0.2, 0) is 11.3 Å². The molecule has 0 unspecified atom stereocenters. The Hall–Kier alpha value is -1.60. The maximum atomic E-state index is 10.9. The van der Waals surface area contributed by atoms with Gasteiger partial charge in [0.2, 0.25) is 0 Å². The highest BCUT2D eigenvalue weighted by Gasteiger charge is 2.38. The standard InChI is InChI=1S/C19H32N4O3/c1-22(9-10-23(2)18(24)25)13-16-12-20-21-17(16)15-4-7-19(8-5-15)6-3-11-26-14-19/h12,15H,3-11,13-14H2,1-2H3,(H,20,21)(H,24,25). The van der Waals surface area contributed by atoms with Gasteiger partial charge in [0.1, 0.15) is 0 Å². The van der Waals surface area contributed by atoms with Crippen LogP contribution in [0.4, 0.5) is 4.79 Å². The molecule has 1 aromatic rings. The maximum Gasteiger partial charge on any atom is 0.407 e. The van der Waals surface area contributed by atoms with Gasteiger partial charge in [0.25, 0.3) is 0 Å². The lowest BCUT2D eigenvalue weighted by atomic mass is 9.67. The second kappa shape index (κ2) is 8.39. The molecular weight excluding hydrogens is 332 g/mol. The van der Waals surface area contributed by atoms with E-state index in [0.717, 1.165) is 19.8 Å². The zero-order valence-electron chi connectivity index (χ0n) is 16.0. The third-order valence-corrected chi connectivity index (χ3v) is 6.19. The third-order valence-electron chi connectivity index (χ3n) is 6.19. The van der Waals surface area contributed by atoms with Crippen molar-refractivity contribution in [1.82, 2.24) is 20.0 Å². The Morgan fingerprint density at radius 1 is 1.35 bits per heavy atom. The first-order valence-corrected chi connectivity index (χ1v) is 9.72. The second-order valence-corrected chi connectivity index (χ2v) is 8.18. The first kappa shape index (κ1) is 19.2. The van der Waals surface area contributed by atoms with Gasteiger partial charge in [-0.3, -0.25) is 5.10 Å². The number of hydrogen-bond acceptors (Lipinski definition) is 4. The van der Waals surface area contributed by atoms with Crippen molar-refractivity contribution in [2.24, 2.45) is 5.41 Å². The number of ether oxygens (including phenoxy) is 1. The summed E-state index contributed by atoms with van der Waals surface area (Å²) >= 11 is 0. The van der Waals surface area contributed by atoms with Crippen LogP contribution < -0.4 is 0 Å². The van der Waals surface area contributed by atoms with Gasteiger partial charge in [0, 0.05) is 50.5 Å². The molecule has 1 aromatic heterocycles. The van der Waals surface area contributed by atoms with Crippen LogP contribution in [0.2, 0.25) is 0 Å². The van der Waals surface area contributed by atoms with E-state index in [2.05, 4.69) is 15.1 Å². The van der Waals surface area contributed by atoms with E-state index in [1.807, 2.05) is 13.2 Å². The van der Waals surface area contributed by atoms with Gasteiger partial charge in [-0.2, -0.15) is 5.10 Å². The molecule has 2 aliphatic rings. The van der Waals surface area contributed by atoms with Crippen LogP contribution in [0.3, 0.4) is 0 Å². The predicted molar refractivity (Wildman–Crippen MR) is 99.3 cm³/mol. The number of H-pyrrole nitrogens is 1. The van der Waals surface area contributed by atoms with Gasteiger partial charge < -0.3 is 19.6 Å². The number of nitrogens with zero attached hydrogens (tertiary/aromatic N) is 3. The number of aromatic nitrogens is 2. The van der Waals surface area contributed by atoms with Gasteiger partial charge in [0.05, 0.1) is 12.8 Å². The number of carbonyl (C=O) groups is 1. The number of rotatable bonds is 6. The first-order valence-electron chi connectivity index (χ1n) is 9.72. The summed E-state index contributed by atoms with van der Waals surface area (Å²) in [5, 5.41) is 16.5. The van der Waals surface area contributed by atoms with Crippen LogP contribution in [0.5, 0.6) is 0 Å². The number of hydrogen-bond donors (Lipinski definition) is 2. The quantitative estimate of drug-likeness (QED) is 0.811. The van der Waals surface area contributed by atoms with Crippen molar-refractivity contribution >= 4 is 6.09 Å². The molecule has 146 valence electrons. The molecule has 1 aliphatic carbocycles. The van der Waals surface area contributed by atoms with Crippen molar-refractivity contribution in [3.8, 4) is 0 Å². The van der Waals surface area contributed by atoms with E-state index in [1.54, 1.807) is 7.05 Å². The summed E-state index contributed by atoms with van der Waals surface area (Å²) in [5.41, 5.74) is 2.94. The number of aromatic amines is 1. The molecule has 2 fully saturated rings. The topological polar surface area (TPSA) is 81.7 Å². The molecule has 1 spiro atoms. The minimum atomic E-state index is -0.884. The molecule has 3 rings (SSSR count). The van der Waals surface area contributed by atoms with Gasteiger partial charge in [-0.25, -0.2) is 4.79 Å². The third kappa shape index (κ3) is 4.57. The van der Waals surface area contributed by atoms with E-state index in [0.29, 0.717) is 24.4 Å². The number of carboxylic acid groups (broad SMARTS) is 1. The predicted octanol–water partition coefficient (Wildman–Crippen LogP) is 2.91. The fourth-order valence-electron chi connectivity index (χ4n) is 4.41. The Labute approximate surface area is 155 Å². The number of amides is 1. The molecule has 0 bridgehead atoms. The van der Waals surface area contributed by atoms with E-state index in [9.17, 15) is 4.79 Å². The monoisotopic (exact) mass is 364 g/mol. The molecule has 26 heavy (non-hydrogen) atoms. The zero-order chi connectivity index (χ0) is 18.6. The van der Waals surface area contributed by atoms with Gasteiger partial charge in [-0.15, -0.1) is 0 Å². The average Bonchev–Trinajstić information content (AvgIpc) is 3.09. The lowest BCUT2D eigenvalue weighted by Gasteiger charge is -2.42. The van der Waals surface area contributed by atoms with Crippen LogP contribution >= 0.6 is 0 Å². The minimum Gasteiger partial charge on any atom is -0.465 e. The van der Waals surface area contributed by atoms with Crippen LogP contribution in [0, 0.1) is 5.41 Å². The molecule has 1 saturated heterocycles. The van der Waals surface area contributed by atoms with Gasteiger partial charge in [0.15, 0.2) is 0 Å². The van der Waals surface area contributed by atoms with Crippen LogP contribution in [0.1, 0.15) is 55.7 Å². The van der Waals surface area contributed by atoms with Gasteiger partial charge >= 0.3 is 6.09 Å². The summed E-state index contributed by atoms with van der Waals surface area (Å²) in [6, 6.07) is 0. The molecule has 1 aliphatic heterocycles. The lowest BCUT2D eigenvalue weighted by Crippen LogP contribution is -2.35. The smallest absolute Gasteiger partial charge is 0.407 e. The molecule has 2 heterocycles. The SMILES string of the molecule is CN(CCN(C)C(=O)O)Cc1cn[nH]c1C1CCC2(CCCOC2)CC1. The molecule has 1 saturated carbocycles. The average molecular weight is 364 g/mol. The summed E-state index contributed by atoms with van der Waals surface area (Å²) in [7, 11) is 3.63. The summed E-state index contributed by atoms with van der Waals surface area (Å²) in [6.45, 7) is 3.88. The Kier molecular flexibility index (Phi) is 6.19. The number of nitrogens with one attached hydrogen (secondary N) is 1. The fraction of sp³-hybridized carbons (Fsp3) is 0.789. The first-order chi connectivity index (χ1) is 12.5. The highest BCUT2D eigenvalue weighted by Crippen LogP contribution is 2.47. The van der Waals surface area contributed by atoms with Crippen molar-refractivity contribution in [2.75, 3.05) is 40.4 Å². The van der Waals surface area contributed by atoms with Gasteiger partial charge in [-0.1, -0.05) is 0 Å². The molecule has 7 heteroatoms. The molecule has 0 radical (unpaired) electrons. The summed E-state index contributed by atoms with van der Waals surface area (Å²) < 4.78 is 5.76. The van der Waals surface area contributed by atoms with E-state index >= 15 is 0 Å². The highest BCUT2D eigenvalue weighted by atomic mass is 16.5. The Morgan fingerprint density at radius 2 is 2.12 bits per heavy atom. The molecule has 2 N–H and O–H groups in total. The summed E-state index contributed by atoms with van der Waals surface area (Å²) in [5.74, 6) is 0.551. The van der Waals surface area contributed by atoms with Crippen LogP contribution in [0.15, 0.2) is 6.20 Å². The van der Waals surface area contributed by atoms with Crippen molar-refractivity contribution in [3.05, 3.63) is 17.5 Å². The molecule has 1 amide bonds. The summed E-state index contributed by atoms with van der Waals surface area (Å²) in [6.07, 6.45) is 8.45. The van der Waals surface area contributed by atoms with E-state index in [1.165, 1.54) is 54.7 Å². The minimum absolute atomic E-state index is 0.424.